The maximum atomic E-state index is 12.6. The number of carbonyl (C=O) groups is 3. The molecular weight excluding hydrogens is 690 g/mol. The van der Waals surface area contributed by atoms with Crippen LogP contribution in [0.2, 0.25) is 5.02 Å². The average molecular weight is 738 g/mol. The number of halogens is 1. The molecule has 2 aliphatic heterocycles. The summed E-state index contributed by atoms with van der Waals surface area (Å²) in [6, 6.07) is 16.4. The van der Waals surface area contributed by atoms with Crippen molar-refractivity contribution in [3.63, 3.8) is 0 Å². The van der Waals surface area contributed by atoms with E-state index in [-0.39, 0.29) is 23.6 Å². The number of piperidine rings is 2. The number of nitrogens with one attached hydrogen (secondary N) is 2. The monoisotopic (exact) mass is 737 g/mol. The number of likely N-dealkylation sites (tertiary alicyclic amines) is 2. The molecule has 2 aromatic heterocycles. The molecule has 4 N–H and O–H groups in total. The first kappa shape index (κ1) is 37.9. The summed E-state index contributed by atoms with van der Waals surface area (Å²) in [5.41, 5.74) is 13.6. The van der Waals surface area contributed by atoms with E-state index in [1.165, 1.54) is 0 Å². The molecule has 278 valence electrons. The molecule has 3 amide bonds. The average Bonchev–Trinajstić information content (AvgIpc) is 3.16. The van der Waals surface area contributed by atoms with Gasteiger partial charge in [-0.2, -0.15) is 0 Å². The smallest absolute Gasteiger partial charge is 0.267 e. The predicted molar refractivity (Wildman–Crippen MR) is 207 cm³/mol. The fourth-order valence-electron chi connectivity index (χ4n) is 7.43. The molecule has 0 aliphatic carbocycles. The van der Waals surface area contributed by atoms with Gasteiger partial charge in [-0.1, -0.05) is 41.9 Å². The second-order valence-corrected chi connectivity index (χ2v) is 14.3. The molecule has 0 atom stereocenters. The van der Waals surface area contributed by atoms with Crippen LogP contribution in [0.25, 0.3) is 33.5 Å². The Hall–Kier alpha value is -4.84. The van der Waals surface area contributed by atoms with Crippen molar-refractivity contribution in [1.82, 2.24) is 30.4 Å². The quantitative estimate of drug-likeness (QED) is 0.177. The number of hydrogen-bond acceptors (Lipinski definition) is 8. The number of aromatic nitrogens is 2. The molecule has 0 bridgehead atoms. The van der Waals surface area contributed by atoms with Gasteiger partial charge in [0.15, 0.2) is 0 Å². The van der Waals surface area contributed by atoms with Gasteiger partial charge in [-0.15, -0.1) is 0 Å². The lowest BCUT2D eigenvalue weighted by Crippen LogP contribution is -2.43. The van der Waals surface area contributed by atoms with Gasteiger partial charge in [0.1, 0.15) is 11.4 Å². The standard InChI is InChI=1S/C41H48ClN7O4/c1-25-33(6-5-7-34(25)36-20-28(23-47-40(36)41(43)52)22-45-31-11-16-48(17-12-31)26(2)50)35-10-15-44-39(38(35)42)29-8-9-30(37(21-29)53-4)24-46-32-13-18-49(19-14-32)27(3)51/h5-10,15,20-21,23,31-32,45-46H,11-14,16-19,22,24H2,1-4H3,(H2,43,52). The Kier molecular flexibility index (Phi) is 12.1. The zero-order valence-electron chi connectivity index (χ0n) is 30.9. The van der Waals surface area contributed by atoms with E-state index in [0.29, 0.717) is 35.4 Å². The Morgan fingerprint density at radius 2 is 1.43 bits per heavy atom. The summed E-state index contributed by atoms with van der Waals surface area (Å²) in [7, 11) is 1.66. The van der Waals surface area contributed by atoms with Gasteiger partial charge in [0, 0.05) is 99.8 Å². The second-order valence-electron chi connectivity index (χ2n) is 14.0. The minimum Gasteiger partial charge on any atom is -0.496 e. The van der Waals surface area contributed by atoms with Crippen LogP contribution in [-0.2, 0) is 22.7 Å². The number of nitrogens with two attached hydrogens (primary N) is 1. The van der Waals surface area contributed by atoms with Gasteiger partial charge in [0.05, 0.1) is 17.8 Å². The summed E-state index contributed by atoms with van der Waals surface area (Å²) in [4.78, 5) is 49.0. The van der Waals surface area contributed by atoms with E-state index in [1.807, 2.05) is 65.3 Å². The van der Waals surface area contributed by atoms with Crippen LogP contribution in [0, 0.1) is 6.92 Å². The first-order valence-electron chi connectivity index (χ1n) is 18.2. The first-order valence-corrected chi connectivity index (χ1v) is 18.6. The fourth-order valence-corrected chi connectivity index (χ4v) is 7.75. The number of hydrogen-bond donors (Lipinski definition) is 3. The van der Waals surface area contributed by atoms with Crippen LogP contribution in [0.5, 0.6) is 5.75 Å². The van der Waals surface area contributed by atoms with Crippen LogP contribution < -0.4 is 21.1 Å². The molecule has 11 nitrogen and oxygen atoms in total. The van der Waals surface area contributed by atoms with E-state index < -0.39 is 5.91 Å². The van der Waals surface area contributed by atoms with Gasteiger partial charge >= 0.3 is 0 Å². The summed E-state index contributed by atoms with van der Waals surface area (Å²) >= 11 is 7.17. The molecule has 2 aromatic carbocycles. The molecule has 4 heterocycles. The van der Waals surface area contributed by atoms with E-state index in [4.69, 9.17) is 22.1 Å². The van der Waals surface area contributed by atoms with Gasteiger partial charge < -0.3 is 30.9 Å². The highest BCUT2D eigenvalue weighted by atomic mass is 35.5. The van der Waals surface area contributed by atoms with Gasteiger partial charge in [0.25, 0.3) is 5.91 Å². The maximum absolute atomic E-state index is 12.6. The second kappa shape index (κ2) is 16.9. The molecule has 2 saturated heterocycles. The lowest BCUT2D eigenvalue weighted by Gasteiger charge is -2.32. The van der Waals surface area contributed by atoms with Gasteiger partial charge in [0.2, 0.25) is 11.8 Å². The van der Waals surface area contributed by atoms with E-state index >= 15 is 0 Å². The molecule has 2 fully saturated rings. The molecule has 0 spiro atoms. The number of ether oxygens (including phenoxy) is 1. The minimum atomic E-state index is -0.601. The van der Waals surface area contributed by atoms with Crippen molar-refractivity contribution in [3.8, 4) is 39.3 Å². The molecule has 4 aromatic rings. The highest BCUT2D eigenvalue weighted by Gasteiger charge is 2.23. The first-order chi connectivity index (χ1) is 25.5. The Labute approximate surface area is 316 Å². The molecule has 12 heteroatoms. The highest BCUT2D eigenvalue weighted by molar-refractivity contribution is 6.35. The lowest BCUT2D eigenvalue weighted by molar-refractivity contribution is -0.130. The molecule has 0 unspecified atom stereocenters. The minimum absolute atomic E-state index is 0.111. The highest BCUT2D eigenvalue weighted by Crippen LogP contribution is 2.40. The van der Waals surface area contributed by atoms with E-state index in [1.54, 1.807) is 33.4 Å². The van der Waals surface area contributed by atoms with Crippen LogP contribution in [0.1, 0.15) is 66.7 Å². The lowest BCUT2D eigenvalue weighted by atomic mass is 9.91. The Morgan fingerprint density at radius 1 is 0.830 bits per heavy atom. The summed E-state index contributed by atoms with van der Waals surface area (Å²) in [5, 5.41) is 7.73. The van der Waals surface area contributed by atoms with Crippen LogP contribution in [-0.4, -0.2) is 82.9 Å². The van der Waals surface area contributed by atoms with Crippen LogP contribution in [0.4, 0.5) is 0 Å². The number of primary amides is 1. The van der Waals surface area contributed by atoms with Crippen LogP contribution >= 0.6 is 11.6 Å². The van der Waals surface area contributed by atoms with E-state index in [0.717, 1.165) is 96.6 Å². The Bertz CT molecular complexity index is 1990. The Morgan fingerprint density at radius 3 is 2.02 bits per heavy atom. The largest absolute Gasteiger partial charge is 0.496 e. The van der Waals surface area contributed by atoms with Gasteiger partial charge in [-0.25, -0.2) is 0 Å². The van der Waals surface area contributed by atoms with E-state index in [9.17, 15) is 14.4 Å². The topological polar surface area (TPSA) is 143 Å². The zero-order chi connectivity index (χ0) is 37.6. The third kappa shape index (κ3) is 8.70. The summed E-state index contributed by atoms with van der Waals surface area (Å²) in [6.45, 7) is 9.47. The summed E-state index contributed by atoms with van der Waals surface area (Å²) < 4.78 is 5.81. The molecule has 0 saturated carbocycles. The van der Waals surface area contributed by atoms with Crippen molar-refractivity contribution in [3.05, 3.63) is 88.3 Å². The summed E-state index contributed by atoms with van der Waals surface area (Å²) in [5.74, 6) is 0.374. The number of nitrogens with zero attached hydrogens (tertiary/aromatic N) is 4. The number of methoxy groups -OCH3 is 1. The third-order valence-corrected chi connectivity index (χ3v) is 11.0. The van der Waals surface area contributed by atoms with Crippen molar-refractivity contribution in [2.45, 2.75) is 71.6 Å². The molecular formula is C41H48ClN7O4. The fraction of sp³-hybridized carbons (Fsp3) is 0.390. The van der Waals surface area contributed by atoms with Crippen molar-refractivity contribution >= 4 is 29.3 Å². The Balaban J connectivity index is 1.23. The van der Waals surface area contributed by atoms with Crippen molar-refractivity contribution in [1.29, 1.82) is 0 Å². The van der Waals surface area contributed by atoms with Crippen molar-refractivity contribution in [2.24, 2.45) is 5.73 Å². The molecule has 6 rings (SSSR count). The van der Waals surface area contributed by atoms with Gasteiger partial charge in [-0.05, 0) is 73.1 Å². The van der Waals surface area contributed by atoms with Crippen molar-refractivity contribution in [2.75, 3.05) is 33.3 Å². The number of pyridine rings is 2. The van der Waals surface area contributed by atoms with Crippen LogP contribution in [0.15, 0.2) is 60.9 Å². The number of rotatable bonds is 11. The predicted octanol–water partition coefficient (Wildman–Crippen LogP) is 5.75. The molecule has 2 aliphatic rings. The zero-order valence-corrected chi connectivity index (χ0v) is 31.6. The normalized spacial score (nSPS) is 15.4. The number of amides is 3. The molecule has 53 heavy (non-hydrogen) atoms. The summed E-state index contributed by atoms with van der Waals surface area (Å²) in [6.07, 6.45) is 7.04. The SMILES string of the molecule is COc1cc(-c2nccc(-c3cccc(-c4cc(CNC5CCN(C(C)=O)CC5)cnc4C(N)=O)c3C)c2Cl)ccc1CNC1CCN(C(C)=O)CC1. The maximum Gasteiger partial charge on any atom is 0.267 e. The number of benzene rings is 2. The third-order valence-electron chi connectivity index (χ3n) is 10.6. The van der Waals surface area contributed by atoms with E-state index in [2.05, 4.69) is 20.6 Å². The number of carbonyl (C=O) groups excluding carboxylic acids is 3. The van der Waals surface area contributed by atoms with Crippen molar-refractivity contribution < 1.29 is 19.1 Å². The van der Waals surface area contributed by atoms with Gasteiger partial charge in [-0.3, -0.25) is 24.4 Å². The van der Waals surface area contributed by atoms with Crippen LogP contribution in [0.3, 0.4) is 0 Å². The molecule has 0 radical (unpaired) electrons.